The molecule has 1 aromatic heterocycles. The summed E-state index contributed by atoms with van der Waals surface area (Å²) in [4.78, 5) is 1.48. The summed E-state index contributed by atoms with van der Waals surface area (Å²) in [5.41, 5.74) is 1.41. The average molecular weight is 267 g/mol. The molecule has 0 aromatic carbocycles. The van der Waals surface area contributed by atoms with E-state index < -0.39 is 0 Å². The van der Waals surface area contributed by atoms with Gasteiger partial charge in [0.15, 0.2) is 0 Å². The van der Waals surface area contributed by atoms with Crippen LogP contribution in [0.5, 0.6) is 0 Å². The molecule has 5 atom stereocenters. The lowest BCUT2D eigenvalue weighted by Crippen LogP contribution is -2.34. The Labute approximate surface area is 115 Å². The molecular weight excluding hydrogens is 242 g/mol. The zero-order valence-corrected chi connectivity index (χ0v) is 12.9. The smallest absolute Gasteiger partial charge is 0.0600 e. The number of nitrogens with one attached hydrogen (secondary N) is 1. The highest BCUT2D eigenvalue weighted by atomic mass is 32.1. The highest BCUT2D eigenvalue weighted by molar-refractivity contribution is 7.10. The Morgan fingerprint density at radius 3 is 2.50 bits per heavy atom. The molecule has 0 spiro atoms. The van der Waals surface area contributed by atoms with Gasteiger partial charge in [-0.2, -0.15) is 0 Å². The summed E-state index contributed by atoms with van der Waals surface area (Å²) in [5.74, 6) is 1.17. The fourth-order valence-corrected chi connectivity index (χ4v) is 4.25. The number of hydrogen-bond acceptors (Lipinski definition) is 3. The Hall–Kier alpha value is -0.380. The van der Waals surface area contributed by atoms with Gasteiger partial charge >= 0.3 is 0 Å². The SMILES string of the molecule is CCNC(c1sccc1C)C1C(C)OC(C)C1C. The molecule has 2 nitrogen and oxygen atoms in total. The van der Waals surface area contributed by atoms with Gasteiger partial charge in [0.25, 0.3) is 0 Å². The van der Waals surface area contributed by atoms with Crippen LogP contribution in [0.1, 0.15) is 44.2 Å². The first-order chi connectivity index (χ1) is 8.56. The van der Waals surface area contributed by atoms with Crippen molar-refractivity contribution < 1.29 is 4.74 Å². The van der Waals surface area contributed by atoms with Crippen LogP contribution in [-0.4, -0.2) is 18.8 Å². The molecule has 1 aliphatic rings. The van der Waals surface area contributed by atoms with E-state index in [4.69, 9.17) is 4.74 Å². The molecule has 0 saturated carbocycles. The quantitative estimate of drug-likeness (QED) is 0.896. The van der Waals surface area contributed by atoms with Crippen molar-refractivity contribution in [3.63, 3.8) is 0 Å². The fraction of sp³-hybridized carbons (Fsp3) is 0.733. The summed E-state index contributed by atoms with van der Waals surface area (Å²) in [5, 5.41) is 5.88. The van der Waals surface area contributed by atoms with Gasteiger partial charge in [0.2, 0.25) is 0 Å². The third-order valence-electron chi connectivity index (χ3n) is 4.31. The molecule has 2 rings (SSSR count). The highest BCUT2D eigenvalue weighted by Crippen LogP contribution is 2.42. The minimum atomic E-state index is 0.334. The second-order valence-electron chi connectivity index (χ2n) is 5.49. The monoisotopic (exact) mass is 267 g/mol. The maximum absolute atomic E-state index is 6.02. The van der Waals surface area contributed by atoms with Gasteiger partial charge in [-0.15, -0.1) is 11.3 Å². The van der Waals surface area contributed by atoms with E-state index in [-0.39, 0.29) is 0 Å². The van der Waals surface area contributed by atoms with Crippen LogP contribution in [0.15, 0.2) is 11.4 Å². The summed E-state index contributed by atoms with van der Waals surface area (Å²) in [6.45, 7) is 12.1. The van der Waals surface area contributed by atoms with Crippen molar-refractivity contribution in [3.8, 4) is 0 Å². The first-order valence-corrected chi connectivity index (χ1v) is 7.87. The lowest BCUT2D eigenvalue weighted by Gasteiger charge is -2.29. The van der Waals surface area contributed by atoms with E-state index in [2.05, 4.69) is 51.4 Å². The average Bonchev–Trinajstić information content (AvgIpc) is 2.83. The second-order valence-corrected chi connectivity index (χ2v) is 6.43. The molecule has 18 heavy (non-hydrogen) atoms. The van der Waals surface area contributed by atoms with Crippen molar-refractivity contribution >= 4 is 11.3 Å². The Kier molecular flexibility index (Phi) is 4.46. The van der Waals surface area contributed by atoms with Gasteiger partial charge in [-0.3, -0.25) is 0 Å². The standard InChI is InChI=1S/C15H25NOS/c1-6-16-14(15-9(2)7-8-18-15)13-10(3)11(4)17-12(13)5/h7-8,10-14,16H,6H2,1-5H3. The topological polar surface area (TPSA) is 21.3 Å². The van der Waals surface area contributed by atoms with Crippen LogP contribution in [0.3, 0.4) is 0 Å². The molecule has 2 heterocycles. The van der Waals surface area contributed by atoms with Crippen LogP contribution in [0.4, 0.5) is 0 Å². The minimum Gasteiger partial charge on any atom is -0.375 e. The molecule has 0 aliphatic carbocycles. The van der Waals surface area contributed by atoms with Gasteiger partial charge in [-0.25, -0.2) is 0 Å². The molecule has 0 bridgehead atoms. The number of thiophene rings is 1. The van der Waals surface area contributed by atoms with Crippen LogP contribution in [0, 0.1) is 18.8 Å². The first-order valence-electron chi connectivity index (χ1n) is 6.99. The molecule has 1 N–H and O–H groups in total. The largest absolute Gasteiger partial charge is 0.375 e. The van der Waals surface area contributed by atoms with Crippen molar-refractivity contribution in [1.82, 2.24) is 5.32 Å². The number of ether oxygens (including phenoxy) is 1. The Morgan fingerprint density at radius 2 is 2.06 bits per heavy atom. The lowest BCUT2D eigenvalue weighted by molar-refractivity contribution is 0.0477. The van der Waals surface area contributed by atoms with E-state index in [1.165, 1.54) is 10.4 Å². The predicted molar refractivity (Wildman–Crippen MR) is 78.1 cm³/mol. The molecule has 102 valence electrons. The molecule has 0 radical (unpaired) electrons. The van der Waals surface area contributed by atoms with Gasteiger partial charge < -0.3 is 10.1 Å². The maximum atomic E-state index is 6.02. The van der Waals surface area contributed by atoms with Crippen LogP contribution >= 0.6 is 11.3 Å². The molecule has 1 saturated heterocycles. The first kappa shape index (κ1) is 14.0. The Balaban J connectivity index is 2.28. The van der Waals surface area contributed by atoms with Crippen LogP contribution in [-0.2, 0) is 4.74 Å². The molecule has 3 heteroatoms. The van der Waals surface area contributed by atoms with Crippen molar-refractivity contribution in [2.45, 2.75) is 52.9 Å². The lowest BCUT2D eigenvalue weighted by atomic mass is 9.82. The van der Waals surface area contributed by atoms with Gasteiger partial charge in [-0.05, 0) is 50.2 Å². The normalized spacial score (nSPS) is 33.8. The molecule has 5 unspecified atom stereocenters. The van der Waals surface area contributed by atoms with E-state index in [0.717, 1.165) is 6.54 Å². The molecule has 1 aromatic rings. The van der Waals surface area contributed by atoms with E-state index in [9.17, 15) is 0 Å². The fourth-order valence-electron chi connectivity index (χ4n) is 3.19. The van der Waals surface area contributed by atoms with E-state index in [1.807, 2.05) is 11.3 Å². The molecule has 1 aliphatic heterocycles. The van der Waals surface area contributed by atoms with Gasteiger partial charge in [-0.1, -0.05) is 13.8 Å². The maximum Gasteiger partial charge on any atom is 0.0600 e. The van der Waals surface area contributed by atoms with Crippen molar-refractivity contribution in [1.29, 1.82) is 0 Å². The third-order valence-corrected chi connectivity index (χ3v) is 5.41. The van der Waals surface area contributed by atoms with E-state index in [1.54, 1.807) is 0 Å². The van der Waals surface area contributed by atoms with Crippen molar-refractivity contribution in [2.24, 2.45) is 11.8 Å². The zero-order chi connectivity index (χ0) is 13.3. The van der Waals surface area contributed by atoms with Crippen LogP contribution in [0.25, 0.3) is 0 Å². The number of aryl methyl sites for hydroxylation is 1. The van der Waals surface area contributed by atoms with Gasteiger partial charge in [0.1, 0.15) is 0 Å². The highest BCUT2D eigenvalue weighted by Gasteiger charge is 2.42. The summed E-state index contributed by atoms with van der Waals surface area (Å²) in [7, 11) is 0. The summed E-state index contributed by atoms with van der Waals surface area (Å²) >= 11 is 1.87. The Bertz CT molecular complexity index is 390. The van der Waals surface area contributed by atoms with E-state index in [0.29, 0.717) is 30.1 Å². The van der Waals surface area contributed by atoms with Crippen molar-refractivity contribution in [3.05, 3.63) is 21.9 Å². The van der Waals surface area contributed by atoms with E-state index >= 15 is 0 Å². The van der Waals surface area contributed by atoms with Crippen LogP contribution < -0.4 is 5.32 Å². The molecular formula is C15H25NOS. The summed E-state index contributed by atoms with van der Waals surface area (Å²) in [6.07, 6.45) is 0.701. The summed E-state index contributed by atoms with van der Waals surface area (Å²) in [6, 6.07) is 2.66. The molecule has 0 amide bonds. The zero-order valence-electron chi connectivity index (χ0n) is 12.1. The Morgan fingerprint density at radius 1 is 1.33 bits per heavy atom. The second kappa shape index (κ2) is 5.72. The number of rotatable bonds is 4. The summed E-state index contributed by atoms with van der Waals surface area (Å²) < 4.78 is 6.02. The van der Waals surface area contributed by atoms with Gasteiger partial charge in [0.05, 0.1) is 12.2 Å². The predicted octanol–water partition coefficient (Wildman–Crippen LogP) is 3.77. The number of hydrogen-bond donors (Lipinski definition) is 1. The third kappa shape index (κ3) is 2.49. The minimum absolute atomic E-state index is 0.334. The molecule has 1 fully saturated rings. The van der Waals surface area contributed by atoms with Gasteiger partial charge in [0, 0.05) is 16.8 Å². The van der Waals surface area contributed by atoms with Crippen LogP contribution in [0.2, 0.25) is 0 Å². The van der Waals surface area contributed by atoms with Crippen molar-refractivity contribution in [2.75, 3.05) is 6.54 Å².